The third kappa shape index (κ3) is 84.0. The molecule has 0 saturated heterocycles. The summed E-state index contributed by atoms with van der Waals surface area (Å²) in [5.74, 6) is -0.885. The highest BCUT2D eigenvalue weighted by Crippen LogP contribution is 2.43. The predicted octanol–water partition coefficient (Wildman–Crippen LogP) is 27.2. The first-order chi connectivity index (χ1) is 51.0. The zero-order chi connectivity index (χ0) is 75.4. The maximum absolute atomic E-state index is 12.9. The number of esters is 2. The van der Waals surface area contributed by atoms with E-state index in [1.807, 2.05) is 21.1 Å². The molecule has 0 heterocycles. The van der Waals surface area contributed by atoms with E-state index >= 15 is 0 Å². The number of hydrogen-bond donors (Lipinski definition) is 1. The molecule has 2 unspecified atom stereocenters. The minimum Gasteiger partial charge on any atom is -0.462 e. The lowest BCUT2D eigenvalue weighted by Gasteiger charge is -2.24. The van der Waals surface area contributed by atoms with Crippen LogP contribution in [0.4, 0.5) is 0 Å². The second-order valence-corrected chi connectivity index (χ2v) is 27.7. The lowest BCUT2D eigenvalue weighted by Crippen LogP contribution is -2.37. The predicted molar refractivity (Wildman–Crippen MR) is 453 cm³/mol. The van der Waals surface area contributed by atoms with E-state index in [0.717, 1.165) is 186 Å². The fraction of sp³-hybridized carbons (Fsp3) is 0.489. The topological polar surface area (TPSA) is 108 Å². The number of allylic oxidation sites excluding steroid dienone is 46. The van der Waals surface area contributed by atoms with Gasteiger partial charge in [0.05, 0.1) is 27.7 Å². The molecule has 10 heteroatoms. The summed E-state index contributed by atoms with van der Waals surface area (Å²) in [5, 5.41) is 0. The van der Waals surface area contributed by atoms with Crippen LogP contribution in [0.2, 0.25) is 0 Å². The summed E-state index contributed by atoms with van der Waals surface area (Å²) in [4.78, 5) is 36.0. The van der Waals surface area contributed by atoms with Crippen molar-refractivity contribution in [1.82, 2.24) is 0 Å². The van der Waals surface area contributed by atoms with Gasteiger partial charge < -0.3 is 18.9 Å². The molecule has 0 aliphatic heterocycles. The van der Waals surface area contributed by atoms with Crippen molar-refractivity contribution in [1.29, 1.82) is 0 Å². The summed E-state index contributed by atoms with van der Waals surface area (Å²) in [6, 6.07) is 0. The van der Waals surface area contributed by atoms with Gasteiger partial charge in [0.2, 0.25) is 0 Å². The minimum absolute atomic E-state index is 0.00532. The second-order valence-electron chi connectivity index (χ2n) is 26.3. The fourth-order valence-corrected chi connectivity index (χ4v) is 10.2. The van der Waals surface area contributed by atoms with Crippen LogP contribution in [0.5, 0.6) is 0 Å². The lowest BCUT2D eigenvalue weighted by molar-refractivity contribution is -0.870. The molecule has 0 aromatic heterocycles. The summed E-state index contributed by atoms with van der Waals surface area (Å²) >= 11 is 0. The molecule has 0 amide bonds. The summed E-state index contributed by atoms with van der Waals surface area (Å²) in [7, 11) is 1.40. The number of carbonyl (C=O) groups excluding carboxylic acids is 2. The Morgan fingerprint density at radius 1 is 0.298 bits per heavy atom. The Morgan fingerprint density at radius 2 is 0.519 bits per heavy atom. The molecule has 576 valence electrons. The first-order valence-corrected chi connectivity index (χ1v) is 41.2. The minimum atomic E-state index is -4.43. The van der Waals surface area contributed by atoms with Crippen LogP contribution >= 0.6 is 7.82 Å². The second kappa shape index (κ2) is 80.1. The molecule has 9 nitrogen and oxygen atoms in total. The van der Waals surface area contributed by atoms with Crippen LogP contribution in [0, 0.1) is 0 Å². The van der Waals surface area contributed by atoms with Crippen molar-refractivity contribution in [2.75, 3.05) is 47.5 Å². The SMILES string of the molecule is CC/C=C\C/C=C\C/C=C\C/C=C\C/C=C\C/C=C\C/C=C\C/C=C\C/C=C\C/C=C\C/C=C\C/C=C\CCCCC(=O)OC(COC(=O)CCCCCCCCC/C=C\C/C=C\C/C=C\C/C=C\C/C=C\C/C=C\C/C=C\C/C=C\C/C=C\C/C=C\C/C=C\CC)COP(=O)(O)OCC[N+](C)(C)C. The molecule has 0 spiro atoms. The number of phosphoric acid groups is 1. The van der Waals surface area contributed by atoms with E-state index in [2.05, 4.69) is 293 Å². The van der Waals surface area contributed by atoms with Crippen molar-refractivity contribution in [3.05, 3.63) is 279 Å². The molecule has 0 aliphatic rings. The van der Waals surface area contributed by atoms with Gasteiger partial charge in [-0.25, -0.2) is 4.57 Å². The number of carbonyl (C=O) groups is 2. The highest BCUT2D eigenvalue weighted by molar-refractivity contribution is 7.47. The maximum atomic E-state index is 12.9. The van der Waals surface area contributed by atoms with Crippen molar-refractivity contribution in [2.45, 2.75) is 251 Å². The monoisotopic (exact) mass is 1450 g/mol. The smallest absolute Gasteiger partial charge is 0.462 e. The van der Waals surface area contributed by atoms with E-state index in [4.69, 9.17) is 18.5 Å². The zero-order valence-corrected chi connectivity index (χ0v) is 66.5. The van der Waals surface area contributed by atoms with Gasteiger partial charge in [-0.3, -0.25) is 18.6 Å². The third-order valence-corrected chi connectivity index (χ3v) is 16.4. The van der Waals surface area contributed by atoms with E-state index in [9.17, 15) is 19.0 Å². The molecular formula is C94H143NO8P+. The van der Waals surface area contributed by atoms with Gasteiger partial charge in [0.15, 0.2) is 6.10 Å². The Labute approximate surface area is 636 Å². The number of likely N-dealkylation sites (N-methyl/N-ethyl adjacent to an activating group) is 1. The van der Waals surface area contributed by atoms with Crippen LogP contribution in [0.1, 0.15) is 245 Å². The quantitative estimate of drug-likeness (QED) is 0.0211. The van der Waals surface area contributed by atoms with Crippen molar-refractivity contribution in [3.63, 3.8) is 0 Å². The standard InChI is InChI=1S/C94H142NO8P/c1-6-8-10-12-14-16-18-20-22-24-26-28-30-32-34-36-38-40-42-44-46-47-49-50-52-54-56-58-60-62-64-66-68-70-72-74-76-78-80-82-84-86-93(96)100-90-92(91-102-104(98,99)101-89-88-95(3,4)5)103-94(97)87-85-83-81-79-77-75-73-71-69-67-65-63-61-59-57-55-53-51-48-45-43-41-39-37-35-33-31-29-27-25-23-21-19-17-15-13-11-9-7-2/h8-11,14-17,20-23,26-29,32-35,38-41,44-46,48-50,53-56,59-62,65-68,71,73,77,79,92H,6-7,12-13,18-19,24-25,30-31,36-37,42-43,47,51-52,57-58,63-64,69-70,72,74-76,78,80-91H2,1-5H3/p+1/b10-8-,11-9-,16-14-,17-15-,22-20-,23-21-,28-26-,29-27-,34-32-,35-33-,40-38-,41-39-,46-44-,48-45-,50-49-,55-53-,56-54-,61-59-,62-60-,67-65-,68-66-,73-71-,79-77-. The van der Waals surface area contributed by atoms with Crippen molar-refractivity contribution in [3.8, 4) is 0 Å². The lowest BCUT2D eigenvalue weighted by atomic mass is 10.1. The van der Waals surface area contributed by atoms with Gasteiger partial charge in [-0.15, -0.1) is 0 Å². The average Bonchev–Trinajstić information content (AvgIpc) is 0.915. The Bertz CT molecular complexity index is 2820. The zero-order valence-electron chi connectivity index (χ0n) is 65.6. The van der Waals surface area contributed by atoms with E-state index in [-0.39, 0.29) is 26.1 Å². The van der Waals surface area contributed by atoms with E-state index < -0.39 is 32.5 Å². The first-order valence-electron chi connectivity index (χ1n) is 39.7. The summed E-state index contributed by atoms with van der Waals surface area (Å²) < 4.78 is 34.7. The fourth-order valence-electron chi connectivity index (χ4n) is 9.47. The highest BCUT2D eigenvalue weighted by atomic mass is 31.2. The number of nitrogens with zero attached hydrogens (tertiary/aromatic N) is 1. The molecule has 0 bridgehead atoms. The Balaban J connectivity index is 4.23. The summed E-state index contributed by atoms with van der Waals surface area (Å²) in [6.45, 7) is 4.10. The Morgan fingerprint density at radius 3 is 0.788 bits per heavy atom. The molecule has 2 atom stereocenters. The van der Waals surface area contributed by atoms with Gasteiger partial charge in [0, 0.05) is 12.8 Å². The highest BCUT2D eigenvalue weighted by Gasteiger charge is 2.27. The van der Waals surface area contributed by atoms with Crippen LogP contribution in [0.15, 0.2) is 279 Å². The summed E-state index contributed by atoms with van der Waals surface area (Å²) in [6.07, 6.45) is 135. The number of rotatable bonds is 69. The molecule has 1 N–H and O–H groups in total. The molecule has 104 heavy (non-hydrogen) atoms. The van der Waals surface area contributed by atoms with Gasteiger partial charge >= 0.3 is 19.8 Å². The maximum Gasteiger partial charge on any atom is 0.472 e. The van der Waals surface area contributed by atoms with Crippen LogP contribution < -0.4 is 0 Å². The van der Waals surface area contributed by atoms with Crippen LogP contribution in [0.25, 0.3) is 0 Å². The van der Waals surface area contributed by atoms with Gasteiger partial charge in [0.25, 0.3) is 0 Å². The molecule has 0 aromatic rings. The van der Waals surface area contributed by atoms with E-state index in [1.54, 1.807) is 0 Å². The molecule has 0 fully saturated rings. The van der Waals surface area contributed by atoms with E-state index in [0.29, 0.717) is 23.9 Å². The number of unbranched alkanes of at least 4 members (excludes halogenated alkanes) is 9. The Hall–Kier alpha value is -6.97. The Kier molecular flexibility index (Phi) is 74.8. The number of hydrogen-bond acceptors (Lipinski definition) is 7. The number of phosphoric ester groups is 1. The molecule has 0 rings (SSSR count). The summed E-state index contributed by atoms with van der Waals surface area (Å²) in [5.41, 5.74) is 0. The molecule has 0 saturated carbocycles. The van der Waals surface area contributed by atoms with Crippen molar-refractivity contribution in [2.24, 2.45) is 0 Å². The third-order valence-electron chi connectivity index (χ3n) is 15.4. The van der Waals surface area contributed by atoms with Gasteiger partial charge in [-0.2, -0.15) is 0 Å². The first kappa shape index (κ1) is 97.0. The number of ether oxygens (including phenoxy) is 2. The molecule has 0 aliphatic carbocycles. The van der Waals surface area contributed by atoms with Crippen molar-refractivity contribution < 1.29 is 42.1 Å². The molecule has 0 aromatic carbocycles. The molecule has 0 radical (unpaired) electrons. The van der Waals surface area contributed by atoms with Gasteiger partial charge in [-0.05, 0) is 186 Å². The van der Waals surface area contributed by atoms with Crippen LogP contribution in [-0.4, -0.2) is 74.9 Å². The number of quaternary nitrogens is 1. The average molecular weight is 1450 g/mol. The van der Waals surface area contributed by atoms with Crippen LogP contribution in [0.3, 0.4) is 0 Å². The largest absolute Gasteiger partial charge is 0.472 e. The van der Waals surface area contributed by atoms with Gasteiger partial charge in [-0.1, -0.05) is 325 Å². The normalized spacial score (nSPS) is 14.6. The van der Waals surface area contributed by atoms with Gasteiger partial charge in [0.1, 0.15) is 19.8 Å². The van der Waals surface area contributed by atoms with E-state index in [1.165, 1.54) is 19.3 Å². The molecular weight excluding hydrogens is 1300 g/mol. The van der Waals surface area contributed by atoms with Crippen LogP contribution in [-0.2, 0) is 32.7 Å². The van der Waals surface area contributed by atoms with Crippen molar-refractivity contribution >= 4 is 19.8 Å².